The smallest absolute Gasteiger partial charge is 0.237 e. The summed E-state index contributed by atoms with van der Waals surface area (Å²) in [6, 6.07) is 14.3. The first-order chi connectivity index (χ1) is 18.9. The van der Waals surface area contributed by atoms with Crippen molar-refractivity contribution in [2.24, 2.45) is 5.41 Å². The molecule has 210 valence electrons. The lowest BCUT2D eigenvalue weighted by molar-refractivity contribution is -0.137. The number of anilines is 1. The number of para-hydroxylation sites is 1. The molecule has 3 aliphatic rings. The molecule has 2 fully saturated rings. The number of aryl methyl sites for hydroxylation is 1. The summed E-state index contributed by atoms with van der Waals surface area (Å²) in [5.41, 5.74) is 1.86. The molecule has 5 rings (SSSR count). The Morgan fingerprint density at radius 2 is 1.87 bits per heavy atom. The van der Waals surface area contributed by atoms with Crippen molar-refractivity contribution in [2.45, 2.75) is 57.4 Å². The van der Waals surface area contributed by atoms with Gasteiger partial charge in [-0.3, -0.25) is 14.5 Å². The molecule has 8 heteroatoms. The fraction of sp³-hybridized carbons (Fsp3) is 0.581. The predicted molar refractivity (Wildman–Crippen MR) is 153 cm³/mol. The molecule has 2 aromatic rings. The molecule has 1 unspecified atom stereocenters. The van der Waals surface area contributed by atoms with E-state index in [0.29, 0.717) is 19.7 Å². The molecule has 0 bridgehead atoms. The third-order valence-electron chi connectivity index (χ3n) is 8.75. The van der Waals surface area contributed by atoms with E-state index in [2.05, 4.69) is 22.3 Å². The van der Waals surface area contributed by atoms with E-state index in [9.17, 15) is 9.59 Å². The number of rotatable bonds is 4. The maximum Gasteiger partial charge on any atom is 0.237 e. The summed E-state index contributed by atoms with van der Waals surface area (Å²) < 4.78 is 5.98. The van der Waals surface area contributed by atoms with Crippen LogP contribution in [0.2, 0.25) is 0 Å². The molecule has 2 amide bonds. The van der Waals surface area contributed by atoms with Gasteiger partial charge >= 0.3 is 0 Å². The summed E-state index contributed by atoms with van der Waals surface area (Å²) >= 11 is 0. The van der Waals surface area contributed by atoms with Crippen molar-refractivity contribution in [2.75, 3.05) is 58.3 Å². The van der Waals surface area contributed by atoms with Gasteiger partial charge < -0.3 is 19.9 Å². The van der Waals surface area contributed by atoms with E-state index < -0.39 is 0 Å². The van der Waals surface area contributed by atoms with E-state index in [1.54, 1.807) is 0 Å². The Hall–Kier alpha value is -3.13. The molecular formula is C31H43N5O3. The van der Waals surface area contributed by atoms with Gasteiger partial charge in [0.2, 0.25) is 11.8 Å². The first kappa shape index (κ1) is 27.4. The van der Waals surface area contributed by atoms with Crippen molar-refractivity contribution >= 4 is 17.6 Å². The lowest BCUT2D eigenvalue weighted by Crippen LogP contribution is -2.51. The van der Waals surface area contributed by atoms with E-state index in [4.69, 9.17) is 9.72 Å². The van der Waals surface area contributed by atoms with Crippen LogP contribution in [0.4, 0.5) is 5.82 Å². The van der Waals surface area contributed by atoms with Crippen LogP contribution in [0.1, 0.15) is 62.2 Å². The van der Waals surface area contributed by atoms with E-state index >= 15 is 0 Å². The fourth-order valence-electron chi connectivity index (χ4n) is 6.40. The highest BCUT2D eigenvalue weighted by Crippen LogP contribution is 2.38. The molecule has 1 atom stereocenters. The van der Waals surface area contributed by atoms with E-state index in [0.717, 1.165) is 88.3 Å². The molecule has 1 aromatic heterocycles. The van der Waals surface area contributed by atoms with Crippen LogP contribution in [-0.4, -0.2) is 80.0 Å². The van der Waals surface area contributed by atoms with Gasteiger partial charge in [-0.25, -0.2) is 4.98 Å². The lowest BCUT2D eigenvalue weighted by atomic mass is 9.73. The third kappa shape index (κ3) is 6.38. The molecule has 0 radical (unpaired) electrons. The van der Waals surface area contributed by atoms with Crippen LogP contribution in [-0.2, 0) is 16.0 Å². The van der Waals surface area contributed by atoms with Gasteiger partial charge in [0.05, 0.1) is 30.2 Å². The first-order valence-electron chi connectivity index (χ1n) is 14.6. The average molecular weight is 534 g/mol. The van der Waals surface area contributed by atoms with Crippen LogP contribution in [0, 0.1) is 5.41 Å². The molecule has 4 heterocycles. The summed E-state index contributed by atoms with van der Waals surface area (Å²) in [4.78, 5) is 37.9. The number of amides is 2. The number of pyridine rings is 1. The Morgan fingerprint density at radius 3 is 2.69 bits per heavy atom. The number of hydrogen-bond acceptors (Lipinski definition) is 6. The molecule has 8 nitrogen and oxygen atoms in total. The number of carbonyl (C=O) groups excluding carboxylic acids is 2. The summed E-state index contributed by atoms with van der Waals surface area (Å²) in [7, 11) is 3.98. The largest absolute Gasteiger partial charge is 0.491 e. The zero-order chi connectivity index (χ0) is 27.2. The standard InChI is InChI=1S/C31H43N5O3/c1-34(2)28-14-7-11-25(33-28)26-12-8-19-36(26)29(37)23-35-20-16-31(17-21-35)15-6-5-10-24-9-3-4-13-27(24)39-22-18-32-30(31)38/h3-4,7,9,11,13-14,26H,5-6,8,10,12,15-23H2,1-2H3,(H,32,38). The van der Waals surface area contributed by atoms with Crippen molar-refractivity contribution in [3.05, 3.63) is 53.7 Å². The number of ether oxygens (including phenoxy) is 1. The summed E-state index contributed by atoms with van der Waals surface area (Å²) in [6.07, 6.45) is 7.45. The van der Waals surface area contributed by atoms with Crippen molar-refractivity contribution < 1.29 is 14.3 Å². The van der Waals surface area contributed by atoms with Gasteiger partial charge in [0.15, 0.2) is 0 Å². The van der Waals surface area contributed by atoms with Crippen molar-refractivity contribution in [3.63, 3.8) is 0 Å². The number of nitrogens with zero attached hydrogens (tertiary/aromatic N) is 4. The van der Waals surface area contributed by atoms with Crippen LogP contribution in [0.15, 0.2) is 42.5 Å². The molecule has 1 aromatic carbocycles. The molecule has 2 saturated heterocycles. The molecule has 0 aliphatic carbocycles. The zero-order valence-electron chi connectivity index (χ0n) is 23.5. The SMILES string of the molecule is CN(C)c1cccc(C2CCCN2C(=O)CN2CCC3(CCCCc4ccccc4OCCNC3=O)CC2)n1. The molecule has 1 N–H and O–H groups in total. The van der Waals surface area contributed by atoms with Gasteiger partial charge in [-0.2, -0.15) is 0 Å². The van der Waals surface area contributed by atoms with Gasteiger partial charge in [0.1, 0.15) is 18.2 Å². The highest BCUT2D eigenvalue weighted by molar-refractivity contribution is 5.83. The second-order valence-corrected chi connectivity index (χ2v) is 11.5. The summed E-state index contributed by atoms with van der Waals surface area (Å²) in [5, 5.41) is 3.16. The zero-order valence-corrected chi connectivity index (χ0v) is 23.5. The quantitative estimate of drug-likeness (QED) is 0.644. The number of fused-ring (bicyclic) bond motifs is 1. The minimum atomic E-state index is -0.356. The number of benzene rings is 1. The minimum absolute atomic E-state index is 0.0398. The summed E-state index contributed by atoms with van der Waals surface area (Å²) in [6.45, 7) is 3.71. The Morgan fingerprint density at radius 1 is 1.05 bits per heavy atom. The number of hydrogen-bond donors (Lipinski definition) is 1. The number of carbonyl (C=O) groups is 2. The number of piperidine rings is 1. The summed E-state index contributed by atoms with van der Waals surface area (Å²) in [5.74, 6) is 2.17. The lowest BCUT2D eigenvalue weighted by Gasteiger charge is -2.41. The highest BCUT2D eigenvalue weighted by atomic mass is 16.5. The van der Waals surface area contributed by atoms with Crippen molar-refractivity contribution in [1.82, 2.24) is 20.1 Å². The predicted octanol–water partition coefficient (Wildman–Crippen LogP) is 3.81. The number of aromatic nitrogens is 1. The van der Waals surface area contributed by atoms with E-state index in [1.807, 2.05) is 54.2 Å². The second-order valence-electron chi connectivity index (χ2n) is 11.5. The Kier molecular flexibility index (Phi) is 8.70. The van der Waals surface area contributed by atoms with Crippen LogP contribution >= 0.6 is 0 Å². The van der Waals surface area contributed by atoms with Gasteiger partial charge in [-0.15, -0.1) is 0 Å². The van der Waals surface area contributed by atoms with Crippen molar-refractivity contribution in [1.29, 1.82) is 0 Å². The number of likely N-dealkylation sites (tertiary alicyclic amines) is 2. The van der Waals surface area contributed by atoms with Crippen molar-refractivity contribution in [3.8, 4) is 5.75 Å². The van der Waals surface area contributed by atoms with Crippen LogP contribution in [0.5, 0.6) is 5.75 Å². The monoisotopic (exact) mass is 533 g/mol. The van der Waals surface area contributed by atoms with Crippen LogP contribution in [0.3, 0.4) is 0 Å². The maximum atomic E-state index is 13.5. The molecule has 0 saturated carbocycles. The Labute approximate surface area is 232 Å². The number of nitrogens with one attached hydrogen (secondary N) is 1. The highest BCUT2D eigenvalue weighted by Gasteiger charge is 2.41. The van der Waals surface area contributed by atoms with Gasteiger partial charge in [-0.1, -0.05) is 30.7 Å². The molecular weight excluding hydrogens is 490 g/mol. The fourth-order valence-corrected chi connectivity index (χ4v) is 6.40. The van der Waals surface area contributed by atoms with Gasteiger partial charge in [0, 0.05) is 20.6 Å². The Bertz CT molecular complexity index is 1140. The Balaban J connectivity index is 1.18. The minimum Gasteiger partial charge on any atom is -0.491 e. The van der Waals surface area contributed by atoms with Crippen LogP contribution in [0.25, 0.3) is 0 Å². The van der Waals surface area contributed by atoms with E-state index in [1.165, 1.54) is 5.56 Å². The molecule has 39 heavy (non-hydrogen) atoms. The maximum absolute atomic E-state index is 13.5. The van der Waals surface area contributed by atoms with E-state index in [-0.39, 0.29) is 23.3 Å². The van der Waals surface area contributed by atoms with Gasteiger partial charge in [0.25, 0.3) is 0 Å². The molecule has 1 spiro atoms. The van der Waals surface area contributed by atoms with Gasteiger partial charge in [-0.05, 0) is 81.8 Å². The topological polar surface area (TPSA) is 78.0 Å². The second kappa shape index (κ2) is 12.4. The average Bonchev–Trinajstić information content (AvgIpc) is 3.45. The van der Waals surface area contributed by atoms with Crippen LogP contribution < -0.4 is 15.0 Å². The normalized spacial score (nSPS) is 22.3. The first-order valence-corrected chi connectivity index (χ1v) is 14.6. The third-order valence-corrected chi connectivity index (χ3v) is 8.75. The molecule has 3 aliphatic heterocycles.